The minimum Gasteiger partial charge on any atom is -0.328 e. The average Bonchev–Trinajstić information content (AvgIpc) is 2.15. The number of rotatable bonds is 3. The van der Waals surface area contributed by atoms with Gasteiger partial charge >= 0.3 is 0 Å². The van der Waals surface area contributed by atoms with Crippen LogP contribution in [0.1, 0.15) is 17.3 Å². The van der Waals surface area contributed by atoms with Crippen LogP contribution in [0.4, 0.5) is 0 Å². The van der Waals surface area contributed by atoms with Crippen molar-refractivity contribution in [3.63, 3.8) is 0 Å². The summed E-state index contributed by atoms with van der Waals surface area (Å²) in [6, 6.07) is 2.70. The van der Waals surface area contributed by atoms with E-state index in [2.05, 4.69) is 15.3 Å². The number of hydrogen-bond acceptors (Lipinski definition) is 3. The number of hydroxylamine groups is 1. The molecule has 0 unspecified atom stereocenters. The Morgan fingerprint density at radius 3 is 2.92 bits per heavy atom. The molecule has 0 spiro atoms. The zero-order valence-corrected chi connectivity index (χ0v) is 7.16. The summed E-state index contributed by atoms with van der Waals surface area (Å²) in [4.78, 5) is 28.9. The maximum absolute atomic E-state index is 11.2. The second-order valence-corrected chi connectivity index (χ2v) is 2.31. The van der Waals surface area contributed by atoms with Crippen LogP contribution in [0, 0.1) is 0 Å². The van der Waals surface area contributed by atoms with E-state index < -0.39 is 0 Å². The first-order chi connectivity index (χ1) is 6.24. The molecule has 1 amide bonds. The van der Waals surface area contributed by atoms with E-state index in [-0.39, 0.29) is 11.5 Å². The molecule has 5 heteroatoms. The molecule has 1 aromatic rings. The highest BCUT2D eigenvalue weighted by Crippen LogP contribution is 1.91. The van der Waals surface area contributed by atoms with E-state index in [0.29, 0.717) is 12.2 Å². The zero-order chi connectivity index (χ0) is 9.68. The van der Waals surface area contributed by atoms with Crippen LogP contribution in [0.5, 0.6) is 0 Å². The number of aromatic amines is 1. The highest BCUT2D eigenvalue weighted by atomic mass is 16.6. The molecule has 70 valence electrons. The molecular weight excluding hydrogens is 172 g/mol. The van der Waals surface area contributed by atoms with Gasteiger partial charge in [-0.15, -0.1) is 0 Å². The van der Waals surface area contributed by atoms with E-state index in [1.54, 1.807) is 6.92 Å². The first-order valence-corrected chi connectivity index (χ1v) is 3.85. The Balaban J connectivity index is 2.66. The van der Waals surface area contributed by atoms with Crippen LogP contribution in [-0.4, -0.2) is 17.5 Å². The molecule has 0 aliphatic rings. The largest absolute Gasteiger partial charge is 0.328 e. The van der Waals surface area contributed by atoms with E-state index in [9.17, 15) is 9.59 Å². The Bertz CT molecular complexity index is 325. The van der Waals surface area contributed by atoms with Crippen molar-refractivity contribution in [1.29, 1.82) is 0 Å². The number of hydrogen-bond donors (Lipinski definition) is 2. The predicted octanol–water partition coefficient (Wildman–Crippen LogP) is 0.0562. The summed E-state index contributed by atoms with van der Waals surface area (Å²) in [6.45, 7) is 2.15. The maximum atomic E-state index is 11.2. The quantitative estimate of drug-likeness (QED) is 0.649. The monoisotopic (exact) mass is 182 g/mol. The Hall–Kier alpha value is -1.62. The lowest BCUT2D eigenvalue weighted by molar-refractivity contribution is 0.0364. The maximum Gasteiger partial charge on any atom is 0.276 e. The molecule has 1 aromatic heterocycles. The molecule has 0 radical (unpaired) electrons. The minimum absolute atomic E-state index is 0.243. The molecule has 1 rings (SSSR count). The third-order valence-electron chi connectivity index (χ3n) is 1.36. The van der Waals surface area contributed by atoms with E-state index in [4.69, 9.17) is 0 Å². The van der Waals surface area contributed by atoms with Gasteiger partial charge in [0.2, 0.25) is 5.56 Å². The van der Waals surface area contributed by atoms with Crippen LogP contribution in [-0.2, 0) is 4.84 Å². The summed E-state index contributed by atoms with van der Waals surface area (Å²) < 4.78 is 0. The number of carbonyl (C=O) groups is 1. The molecule has 0 fully saturated rings. The summed E-state index contributed by atoms with van der Waals surface area (Å²) >= 11 is 0. The standard InChI is InChI=1S/C8H10N2O3/c1-2-13-10-8(12)6-3-4-7(11)9-5-6/h3-5H,2H2,1H3,(H,9,11)(H,10,12). The Morgan fingerprint density at radius 1 is 1.62 bits per heavy atom. The summed E-state index contributed by atoms with van der Waals surface area (Å²) in [7, 11) is 0. The van der Waals surface area contributed by atoms with E-state index >= 15 is 0 Å². The Labute approximate surface area is 74.7 Å². The third kappa shape index (κ3) is 2.72. The molecule has 0 bridgehead atoms. The van der Waals surface area contributed by atoms with Gasteiger partial charge in [-0.2, -0.15) is 0 Å². The second-order valence-electron chi connectivity index (χ2n) is 2.31. The number of amides is 1. The molecule has 2 N–H and O–H groups in total. The van der Waals surface area contributed by atoms with Gasteiger partial charge in [-0.1, -0.05) is 0 Å². The molecule has 0 atom stereocenters. The highest BCUT2D eigenvalue weighted by Gasteiger charge is 2.03. The number of pyridine rings is 1. The van der Waals surface area contributed by atoms with Crippen molar-refractivity contribution in [1.82, 2.24) is 10.5 Å². The van der Waals surface area contributed by atoms with Crippen LogP contribution in [0.2, 0.25) is 0 Å². The van der Waals surface area contributed by atoms with Crippen molar-refractivity contribution in [3.05, 3.63) is 34.2 Å². The molecule has 0 saturated carbocycles. The number of nitrogens with one attached hydrogen (secondary N) is 2. The minimum atomic E-state index is -0.377. The third-order valence-corrected chi connectivity index (χ3v) is 1.36. The van der Waals surface area contributed by atoms with Gasteiger partial charge in [-0.3, -0.25) is 14.4 Å². The molecule has 0 aliphatic heterocycles. The van der Waals surface area contributed by atoms with Crippen molar-refractivity contribution >= 4 is 5.91 Å². The fraction of sp³-hybridized carbons (Fsp3) is 0.250. The van der Waals surface area contributed by atoms with Gasteiger partial charge in [0.25, 0.3) is 5.91 Å². The summed E-state index contributed by atoms with van der Waals surface area (Å²) in [5, 5.41) is 0. The smallest absolute Gasteiger partial charge is 0.276 e. The second kappa shape index (κ2) is 4.42. The average molecular weight is 182 g/mol. The fourth-order valence-electron chi connectivity index (χ4n) is 0.748. The Morgan fingerprint density at radius 2 is 2.38 bits per heavy atom. The molecule has 13 heavy (non-hydrogen) atoms. The highest BCUT2D eigenvalue weighted by molar-refractivity contribution is 5.92. The van der Waals surface area contributed by atoms with Gasteiger partial charge in [0, 0.05) is 12.3 Å². The molecule has 1 heterocycles. The topological polar surface area (TPSA) is 71.2 Å². The van der Waals surface area contributed by atoms with Gasteiger partial charge < -0.3 is 4.98 Å². The van der Waals surface area contributed by atoms with E-state index in [0.717, 1.165) is 0 Å². The van der Waals surface area contributed by atoms with Gasteiger partial charge in [-0.25, -0.2) is 5.48 Å². The van der Waals surface area contributed by atoms with Crippen molar-refractivity contribution in [2.45, 2.75) is 6.92 Å². The molecule has 5 nitrogen and oxygen atoms in total. The lowest BCUT2D eigenvalue weighted by Gasteiger charge is -2.01. The lowest BCUT2D eigenvalue weighted by Crippen LogP contribution is -2.24. The van der Waals surface area contributed by atoms with E-state index in [1.807, 2.05) is 0 Å². The van der Waals surface area contributed by atoms with Crippen LogP contribution < -0.4 is 11.0 Å². The number of carbonyl (C=O) groups excluding carboxylic acids is 1. The van der Waals surface area contributed by atoms with Crippen molar-refractivity contribution < 1.29 is 9.63 Å². The van der Waals surface area contributed by atoms with Crippen molar-refractivity contribution in [2.24, 2.45) is 0 Å². The van der Waals surface area contributed by atoms with Crippen LogP contribution >= 0.6 is 0 Å². The SMILES string of the molecule is CCONC(=O)c1ccc(=O)[nH]c1. The van der Waals surface area contributed by atoms with Gasteiger partial charge in [-0.05, 0) is 13.0 Å². The van der Waals surface area contributed by atoms with Crippen LogP contribution in [0.15, 0.2) is 23.1 Å². The Kier molecular flexibility index (Phi) is 3.22. The van der Waals surface area contributed by atoms with Crippen molar-refractivity contribution in [2.75, 3.05) is 6.61 Å². The number of H-pyrrole nitrogens is 1. The summed E-state index contributed by atoms with van der Waals surface area (Å²) in [6.07, 6.45) is 1.33. The summed E-state index contributed by atoms with van der Waals surface area (Å²) in [5.41, 5.74) is 2.32. The van der Waals surface area contributed by atoms with Gasteiger partial charge in [0.15, 0.2) is 0 Å². The fourth-order valence-corrected chi connectivity index (χ4v) is 0.748. The summed E-state index contributed by atoms with van der Waals surface area (Å²) in [5.74, 6) is -0.377. The van der Waals surface area contributed by atoms with Gasteiger partial charge in [0.1, 0.15) is 0 Å². The van der Waals surface area contributed by atoms with Crippen LogP contribution in [0.3, 0.4) is 0 Å². The van der Waals surface area contributed by atoms with Gasteiger partial charge in [0.05, 0.1) is 12.2 Å². The number of aromatic nitrogens is 1. The van der Waals surface area contributed by atoms with Crippen molar-refractivity contribution in [3.8, 4) is 0 Å². The molecule has 0 aromatic carbocycles. The normalized spacial score (nSPS) is 9.62. The molecule has 0 aliphatic carbocycles. The first kappa shape index (κ1) is 9.47. The van der Waals surface area contributed by atoms with E-state index in [1.165, 1.54) is 18.3 Å². The zero-order valence-electron chi connectivity index (χ0n) is 7.16. The predicted molar refractivity (Wildman–Crippen MR) is 46.2 cm³/mol. The molecule has 0 saturated heterocycles. The first-order valence-electron chi connectivity index (χ1n) is 3.85. The molecular formula is C8H10N2O3. The lowest BCUT2D eigenvalue weighted by atomic mass is 10.3. The van der Waals surface area contributed by atoms with Crippen LogP contribution in [0.25, 0.3) is 0 Å².